The molecule has 1 fully saturated rings. The lowest BCUT2D eigenvalue weighted by atomic mass is 10.2. The number of esters is 1. The first-order valence-electron chi connectivity index (χ1n) is 9.43. The average Bonchev–Trinajstić information content (AvgIpc) is 2.80. The van der Waals surface area contributed by atoms with Gasteiger partial charge in [-0.1, -0.05) is 18.2 Å². The molecule has 1 N–H and O–H groups in total. The smallest absolute Gasteiger partial charge is 0.339 e. The summed E-state index contributed by atoms with van der Waals surface area (Å²) < 4.78 is 4.84. The number of rotatable bonds is 5. The first-order valence-corrected chi connectivity index (χ1v) is 9.43. The molecule has 148 valence electrons. The van der Waals surface area contributed by atoms with Gasteiger partial charge in [-0.2, -0.15) is 4.98 Å². The Balaban J connectivity index is 1.46. The fraction of sp³-hybridized carbons (Fsp3) is 0.238. The van der Waals surface area contributed by atoms with Crippen molar-refractivity contribution in [3.63, 3.8) is 0 Å². The maximum atomic E-state index is 12.0. The van der Waals surface area contributed by atoms with E-state index < -0.39 is 5.97 Å². The van der Waals surface area contributed by atoms with Crippen molar-refractivity contribution in [3.8, 4) is 0 Å². The van der Waals surface area contributed by atoms with Crippen molar-refractivity contribution in [3.05, 3.63) is 66.5 Å². The molecule has 3 aromatic rings. The second kappa shape index (κ2) is 8.55. The number of hydrogen-bond donors (Lipinski definition) is 1. The first-order chi connectivity index (χ1) is 14.2. The third kappa shape index (κ3) is 4.26. The maximum absolute atomic E-state index is 12.0. The van der Waals surface area contributed by atoms with Crippen LogP contribution in [-0.4, -0.2) is 54.2 Å². The SMILES string of the molecule is COC(=O)c1ccccc1Nc1nccc(N2CCN(c3ccccn3)CC2)n1. The Hall–Kier alpha value is -3.68. The maximum Gasteiger partial charge on any atom is 0.339 e. The summed E-state index contributed by atoms with van der Waals surface area (Å²) in [6.07, 6.45) is 3.53. The molecular formula is C21H22N6O2. The standard InChI is InChI=1S/C21H22N6O2/c1-29-20(28)16-6-2-3-7-17(16)24-21-23-11-9-19(25-21)27-14-12-26(13-15-27)18-8-4-5-10-22-18/h2-11H,12-15H2,1H3,(H,23,24,25). The second-order valence-electron chi connectivity index (χ2n) is 6.56. The lowest BCUT2D eigenvalue weighted by molar-refractivity contribution is 0.0602. The van der Waals surface area contributed by atoms with Gasteiger partial charge < -0.3 is 19.9 Å². The van der Waals surface area contributed by atoms with E-state index in [0.29, 0.717) is 17.2 Å². The molecule has 8 heteroatoms. The number of carbonyl (C=O) groups is 1. The predicted molar refractivity (Wildman–Crippen MR) is 112 cm³/mol. The fourth-order valence-corrected chi connectivity index (χ4v) is 3.29. The molecule has 1 saturated heterocycles. The minimum Gasteiger partial charge on any atom is -0.465 e. The Morgan fingerprint density at radius 1 is 0.897 bits per heavy atom. The molecule has 29 heavy (non-hydrogen) atoms. The van der Waals surface area contributed by atoms with Gasteiger partial charge in [0.05, 0.1) is 18.4 Å². The van der Waals surface area contributed by atoms with Crippen LogP contribution in [0.25, 0.3) is 0 Å². The number of methoxy groups -OCH3 is 1. The van der Waals surface area contributed by atoms with Crippen LogP contribution in [0, 0.1) is 0 Å². The molecule has 2 aromatic heterocycles. The molecule has 0 unspecified atom stereocenters. The topological polar surface area (TPSA) is 83.5 Å². The van der Waals surface area contributed by atoms with Crippen molar-refractivity contribution >= 4 is 29.2 Å². The molecular weight excluding hydrogens is 368 g/mol. The molecule has 1 aromatic carbocycles. The van der Waals surface area contributed by atoms with Gasteiger partial charge in [-0.25, -0.2) is 14.8 Å². The summed E-state index contributed by atoms with van der Waals surface area (Å²) in [5, 5.41) is 3.13. The van der Waals surface area contributed by atoms with Crippen molar-refractivity contribution in [2.24, 2.45) is 0 Å². The van der Waals surface area contributed by atoms with Crippen LogP contribution in [-0.2, 0) is 4.74 Å². The van der Waals surface area contributed by atoms with Gasteiger partial charge in [0, 0.05) is 38.6 Å². The molecule has 0 saturated carbocycles. The molecule has 0 amide bonds. The molecule has 0 bridgehead atoms. The van der Waals surface area contributed by atoms with Crippen LogP contribution in [0.4, 0.5) is 23.3 Å². The summed E-state index contributed by atoms with van der Waals surface area (Å²) in [5.74, 6) is 1.87. The molecule has 8 nitrogen and oxygen atoms in total. The lowest BCUT2D eigenvalue weighted by Gasteiger charge is -2.36. The van der Waals surface area contributed by atoms with Crippen molar-refractivity contribution in [1.82, 2.24) is 15.0 Å². The van der Waals surface area contributed by atoms with Crippen LogP contribution in [0.5, 0.6) is 0 Å². The summed E-state index contributed by atoms with van der Waals surface area (Å²) in [5.41, 5.74) is 1.05. The number of anilines is 4. The van der Waals surface area contributed by atoms with Crippen LogP contribution in [0.1, 0.15) is 10.4 Å². The van der Waals surface area contributed by atoms with Gasteiger partial charge in [0.1, 0.15) is 11.6 Å². The summed E-state index contributed by atoms with van der Waals surface area (Å²) in [6, 6.07) is 15.0. The zero-order valence-corrected chi connectivity index (χ0v) is 16.2. The number of para-hydroxylation sites is 1. The van der Waals surface area contributed by atoms with Gasteiger partial charge in [-0.15, -0.1) is 0 Å². The number of hydrogen-bond acceptors (Lipinski definition) is 8. The van der Waals surface area contributed by atoms with Gasteiger partial charge in [0.2, 0.25) is 5.95 Å². The van der Waals surface area contributed by atoms with Crippen LogP contribution >= 0.6 is 0 Å². The highest BCUT2D eigenvalue weighted by molar-refractivity contribution is 5.96. The quantitative estimate of drug-likeness (QED) is 0.666. The normalized spacial score (nSPS) is 13.8. The Bertz CT molecular complexity index is 974. The number of carbonyl (C=O) groups excluding carboxylic acids is 1. The molecule has 0 aliphatic carbocycles. The number of nitrogens with zero attached hydrogens (tertiary/aromatic N) is 5. The van der Waals surface area contributed by atoms with Crippen molar-refractivity contribution < 1.29 is 9.53 Å². The minimum absolute atomic E-state index is 0.408. The van der Waals surface area contributed by atoms with E-state index in [1.54, 1.807) is 24.4 Å². The summed E-state index contributed by atoms with van der Waals surface area (Å²) in [7, 11) is 1.36. The highest BCUT2D eigenvalue weighted by Gasteiger charge is 2.19. The Morgan fingerprint density at radius 2 is 1.62 bits per heavy atom. The van der Waals surface area contributed by atoms with Crippen LogP contribution in [0.2, 0.25) is 0 Å². The van der Waals surface area contributed by atoms with E-state index in [-0.39, 0.29) is 0 Å². The number of aromatic nitrogens is 3. The number of ether oxygens (including phenoxy) is 1. The highest BCUT2D eigenvalue weighted by atomic mass is 16.5. The highest BCUT2D eigenvalue weighted by Crippen LogP contribution is 2.22. The number of piperazine rings is 1. The van der Waals surface area contributed by atoms with Gasteiger partial charge in [-0.3, -0.25) is 0 Å². The summed E-state index contributed by atoms with van der Waals surface area (Å²) in [4.78, 5) is 29.8. The van der Waals surface area contributed by atoms with Gasteiger partial charge in [-0.05, 0) is 30.3 Å². The first kappa shape index (κ1) is 18.7. The van der Waals surface area contributed by atoms with Crippen LogP contribution < -0.4 is 15.1 Å². The largest absolute Gasteiger partial charge is 0.465 e. The van der Waals surface area contributed by atoms with E-state index in [4.69, 9.17) is 4.74 Å². The zero-order valence-electron chi connectivity index (χ0n) is 16.2. The molecule has 3 heterocycles. The zero-order chi connectivity index (χ0) is 20.1. The Labute approximate surface area is 169 Å². The van der Waals surface area contributed by atoms with E-state index in [1.807, 2.05) is 36.5 Å². The fourth-order valence-electron chi connectivity index (χ4n) is 3.29. The summed E-state index contributed by atoms with van der Waals surface area (Å²) >= 11 is 0. The molecule has 0 atom stereocenters. The molecule has 0 spiro atoms. The summed E-state index contributed by atoms with van der Waals surface area (Å²) in [6.45, 7) is 3.42. The molecule has 1 aliphatic rings. The number of pyridine rings is 1. The third-order valence-electron chi connectivity index (χ3n) is 4.80. The van der Waals surface area contributed by atoms with E-state index in [9.17, 15) is 4.79 Å². The van der Waals surface area contributed by atoms with E-state index in [0.717, 1.165) is 37.8 Å². The average molecular weight is 390 g/mol. The molecule has 0 radical (unpaired) electrons. The number of nitrogens with one attached hydrogen (secondary N) is 1. The van der Waals surface area contributed by atoms with E-state index >= 15 is 0 Å². The van der Waals surface area contributed by atoms with E-state index in [2.05, 4.69) is 30.1 Å². The predicted octanol–water partition coefficient (Wildman–Crippen LogP) is 2.73. The Kier molecular flexibility index (Phi) is 5.51. The van der Waals surface area contributed by atoms with E-state index in [1.165, 1.54) is 7.11 Å². The van der Waals surface area contributed by atoms with Crippen molar-refractivity contribution in [2.45, 2.75) is 0 Å². The van der Waals surface area contributed by atoms with Gasteiger partial charge in [0.25, 0.3) is 0 Å². The monoisotopic (exact) mass is 390 g/mol. The van der Waals surface area contributed by atoms with Crippen LogP contribution in [0.3, 0.4) is 0 Å². The lowest BCUT2D eigenvalue weighted by Crippen LogP contribution is -2.47. The Morgan fingerprint density at radius 3 is 2.34 bits per heavy atom. The van der Waals surface area contributed by atoms with Gasteiger partial charge in [0.15, 0.2) is 0 Å². The number of benzene rings is 1. The minimum atomic E-state index is -0.408. The molecule has 1 aliphatic heterocycles. The van der Waals surface area contributed by atoms with Crippen molar-refractivity contribution in [2.75, 3.05) is 48.4 Å². The van der Waals surface area contributed by atoms with Gasteiger partial charge >= 0.3 is 5.97 Å². The van der Waals surface area contributed by atoms with Crippen LogP contribution in [0.15, 0.2) is 60.9 Å². The van der Waals surface area contributed by atoms with Crippen molar-refractivity contribution in [1.29, 1.82) is 0 Å². The molecule has 4 rings (SSSR count). The third-order valence-corrected chi connectivity index (χ3v) is 4.80. The second-order valence-corrected chi connectivity index (χ2v) is 6.56.